The zero-order chi connectivity index (χ0) is 27.5. The van der Waals surface area contributed by atoms with Crippen LogP contribution in [-0.2, 0) is 6.61 Å². The lowest BCUT2D eigenvalue weighted by molar-refractivity contribution is 0.270. The number of hydrogen-bond acceptors (Lipinski definition) is 5. The fourth-order valence-corrected chi connectivity index (χ4v) is 5.16. The van der Waals surface area contributed by atoms with Crippen LogP contribution >= 0.6 is 31.9 Å². The topological polar surface area (TPSA) is 65.7 Å². The van der Waals surface area contributed by atoms with Crippen molar-refractivity contribution >= 4 is 59.7 Å². The molecule has 0 N–H and O–H groups in total. The van der Waals surface area contributed by atoms with E-state index in [4.69, 9.17) is 14.5 Å². The van der Waals surface area contributed by atoms with Crippen LogP contribution in [0, 0.1) is 0 Å². The van der Waals surface area contributed by atoms with Gasteiger partial charge >= 0.3 is 0 Å². The number of halogens is 2. The first-order valence-corrected chi connectivity index (χ1v) is 14.3. The van der Waals surface area contributed by atoms with Gasteiger partial charge in [0.15, 0.2) is 11.5 Å². The van der Waals surface area contributed by atoms with Gasteiger partial charge in [-0.1, -0.05) is 72.2 Å². The molecule has 0 aliphatic rings. The van der Waals surface area contributed by atoms with Crippen molar-refractivity contribution in [2.45, 2.75) is 33.3 Å². The molecule has 5 aromatic rings. The molecule has 0 amide bonds. The van der Waals surface area contributed by atoms with Crippen molar-refractivity contribution < 1.29 is 9.47 Å². The van der Waals surface area contributed by atoms with Gasteiger partial charge in [-0.2, -0.15) is 9.78 Å². The van der Waals surface area contributed by atoms with Gasteiger partial charge in [-0.25, -0.2) is 4.98 Å². The van der Waals surface area contributed by atoms with Gasteiger partial charge in [0.05, 0.1) is 23.7 Å². The Hall–Kier alpha value is -3.49. The van der Waals surface area contributed by atoms with E-state index in [9.17, 15) is 4.79 Å². The summed E-state index contributed by atoms with van der Waals surface area (Å²) in [7, 11) is 0. The lowest BCUT2D eigenvalue weighted by atomic mass is 10.1. The summed E-state index contributed by atoms with van der Waals surface area (Å²) >= 11 is 7.10. The minimum atomic E-state index is -0.225. The van der Waals surface area contributed by atoms with Crippen LogP contribution in [0.1, 0.15) is 43.6 Å². The monoisotopic (exact) mass is 647 g/mol. The molecule has 39 heavy (non-hydrogen) atoms. The molecule has 0 atom stereocenters. The van der Waals surface area contributed by atoms with E-state index in [0.29, 0.717) is 41.4 Å². The van der Waals surface area contributed by atoms with Gasteiger partial charge in [-0.3, -0.25) is 4.79 Å². The minimum absolute atomic E-state index is 0.00448. The molecule has 0 spiro atoms. The Labute approximate surface area is 243 Å². The smallest absolute Gasteiger partial charge is 0.282 e. The van der Waals surface area contributed by atoms with Gasteiger partial charge in [0.25, 0.3) is 5.56 Å². The Balaban J connectivity index is 1.49. The van der Waals surface area contributed by atoms with Crippen LogP contribution in [0.25, 0.3) is 21.7 Å². The Morgan fingerprint density at radius 3 is 2.51 bits per heavy atom. The van der Waals surface area contributed by atoms with Crippen molar-refractivity contribution in [3.05, 3.63) is 109 Å². The lowest BCUT2D eigenvalue weighted by Crippen LogP contribution is -2.23. The number of aromatic nitrogens is 2. The summed E-state index contributed by atoms with van der Waals surface area (Å²) < 4.78 is 15.1. The molecule has 0 aliphatic heterocycles. The maximum Gasteiger partial charge on any atom is 0.282 e. The van der Waals surface area contributed by atoms with Crippen LogP contribution in [-0.4, -0.2) is 22.5 Å². The summed E-state index contributed by atoms with van der Waals surface area (Å²) in [4.78, 5) is 18.1. The molecule has 6 nitrogen and oxygen atoms in total. The average Bonchev–Trinajstić information content (AvgIpc) is 2.93. The van der Waals surface area contributed by atoms with Crippen molar-refractivity contribution in [1.29, 1.82) is 0 Å². The van der Waals surface area contributed by atoms with Gasteiger partial charge in [0, 0.05) is 20.4 Å². The molecule has 8 heteroatoms. The minimum Gasteiger partial charge on any atom is -0.490 e. The molecule has 1 aromatic heterocycles. The second kappa shape index (κ2) is 11.7. The van der Waals surface area contributed by atoms with Crippen LogP contribution in [0.15, 0.2) is 91.6 Å². The van der Waals surface area contributed by atoms with Crippen molar-refractivity contribution in [2.75, 3.05) is 6.61 Å². The first kappa shape index (κ1) is 27.1. The molecule has 1 heterocycles. The first-order valence-electron chi connectivity index (χ1n) is 12.7. The summed E-state index contributed by atoms with van der Waals surface area (Å²) in [6, 6.07) is 23.7. The first-order chi connectivity index (χ1) is 18.9. The molecule has 0 saturated heterocycles. The molecular weight excluding hydrogens is 622 g/mol. The maximum absolute atomic E-state index is 13.4. The molecule has 0 fully saturated rings. The highest BCUT2D eigenvalue weighted by molar-refractivity contribution is 9.10. The van der Waals surface area contributed by atoms with Crippen LogP contribution < -0.4 is 15.0 Å². The standard InChI is InChI=1S/C31H27Br2N3O3/c1-4-38-28-14-22(17-34-36-30(19(2)3)35-27-13-12-23(32)15-25(27)31(36)37)26(33)16-29(28)39-18-21-10-7-9-20-8-5-6-11-24(20)21/h5-17,19H,4,18H2,1-3H3. The zero-order valence-corrected chi connectivity index (χ0v) is 25.0. The Bertz CT molecular complexity index is 1760. The summed E-state index contributed by atoms with van der Waals surface area (Å²) in [6.45, 7) is 6.78. The van der Waals surface area contributed by atoms with Crippen molar-refractivity contribution in [1.82, 2.24) is 9.66 Å². The maximum atomic E-state index is 13.4. The Morgan fingerprint density at radius 2 is 1.72 bits per heavy atom. The number of ether oxygens (including phenoxy) is 2. The van der Waals surface area contributed by atoms with E-state index in [2.05, 4.69) is 61.2 Å². The van der Waals surface area contributed by atoms with Crippen LogP contribution in [0.4, 0.5) is 0 Å². The fourth-order valence-electron chi connectivity index (χ4n) is 4.38. The zero-order valence-electron chi connectivity index (χ0n) is 21.8. The van der Waals surface area contributed by atoms with E-state index >= 15 is 0 Å². The predicted octanol–water partition coefficient (Wildman–Crippen LogP) is 8.06. The largest absolute Gasteiger partial charge is 0.490 e. The molecule has 0 aliphatic carbocycles. The van der Waals surface area contributed by atoms with Crippen LogP contribution in [0.2, 0.25) is 0 Å². The highest BCUT2D eigenvalue weighted by atomic mass is 79.9. The molecule has 5 rings (SSSR count). The second-order valence-electron chi connectivity index (χ2n) is 9.33. The fraction of sp³-hybridized carbons (Fsp3) is 0.194. The molecular formula is C31H27Br2N3O3. The lowest BCUT2D eigenvalue weighted by Gasteiger charge is -2.15. The van der Waals surface area contributed by atoms with Crippen LogP contribution in [0.5, 0.6) is 11.5 Å². The van der Waals surface area contributed by atoms with E-state index in [1.54, 1.807) is 12.3 Å². The van der Waals surface area contributed by atoms with E-state index in [1.165, 1.54) is 10.1 Å². The van der Waals surface area contributed by atoms with Gasteiger partial charge in [-0.15, -0.1) is 0 Å². The second-order valence-corrected chi connectivity index (χ2v) is 11.1. The van der Waals surface area contributed by atoms with E-state index in [-0.39, 0.29) is 11.5 Å². The number of benzene rings is 4. The highest BCUT2D eigenvalue weighted by Crippen LogP contribution is 2.34. The molecule has 0 unspecified atom stereocenters. The van der Waals surface area contributed by atoms with E-state index < -0.39 is 0 Å². The van der Waals surface area contributed by atoms with Gasteiger partial charge < -0.3 is 9.47 Å². The quantitative estimate of drug-likeness (QED) is 0.160. The van der Waals surface area contributed by atoms with E-state index in [0.717, 1.165) is 25.5 Å². The number of hydrogen-bond donors (Lipinski definition) is 0. The Kier molecular flexibility index (Phi) is 8.14. The molecule has 4 aromatic carbocycles. The third-order valence-electron chi connectivity index (χ3n) is 6.29. The van der Waals surface area contributed by atoms with Crippen LogP contribution in [0.3, 0.4) is 0 Å². The van der Waals surface area contributed by atoms with Gasteiger partial charge in [-0.05, 0) is 69.5 Å². The summed E-state index contributed by atoms with van der Waals surface area (Å²) in [6.07, 6.45) is 1.64. The average molecular weight is 649 g/mol. The molecule has 0 radical (unpaired) electrons. The van der Waals surface area contributed by atoms with Crippen molar-refractivity contribution in [2.24, 2.45) is 5.10 Å². The highest BCUT2D eigenvalue weighted by Gasteiger charge is 2.15. The third kappa shape index (κ3) is 5.77. The summed E-state index contributed by atoms with van der Waals surface area (Å²) in [5.41, 5.74) is 2.25. The summed E-state index contributed by atoms with van der Waals surface area (Å²) in [5.74, 6) is 1.79. The summed E-state index contributed by atoms with van der Waals surface area (Å²) in [5, 5.41) is 7.39. The SMILES string of the molecule is CCOc1cc(C=Nn2c(C(C)C)nc3ccc(Br)cc3c2=O)c(Br)cc1OCc1cccc2ccccc12. The Morgan fingerprint density at radius 1 is 0.949 bits per heavy atom. The van der Waals surface area contributed by atoms with Gasteiger partial charge in [0.2, 0.25) is 0 Å². The van der Waals surface area contributed by atoms with E-state index in [1.807, 2.05) is 63.2 Å². The molecule has 198 valence electrons. The number of nitrogens with zero attached hydrogens (tertiary/aromatic N) is 3. The third-order valence-corrected chi connectivity index (χ3v) is 7.47. The molecule has 0 bridgehead atoms. The predicted molar refractivity (Wildman–Crippen MR) is 164 cm³/mol. The van der Waals surface area contributed by atoms with Crippen molar-refractivity contribution in [3.63, 3.8) is 0 Å². The number of rotatable bonds is 8. The van der Waals surface area contributed by atoms with Gasteiger partial charge in [0.1, 0.15) is 12.4 Å². The number of fused-ring (bicyclic) bond motifs is 2. The normalized spacial score (nSPS) is 11.6. The van der Waals surface area contributed by atoms with Crippen molar-refractivity contribution in [3.8, 4) is 11.5 Å². The molecule has 0 saturated carbocycles.